The minimum atomic E-state index is -0.518. The van der Waals surface area contributed by atoms with Crippen molar-refractivity contribution in [3.05, 3.63) is 33.4 Å². The summed E-state index contributed by atoms with van der Waals surface area (Å²) in [4.78, 5) is 25.1. The molecular formula is C17H22N2O5. The Hall–Kier alpha value is -2.41. The molecule has 7 heteroatoms. The van der Waals surface area contributed by atoms with Crippen molar-refractivity contribution in [2.45, 2.75) is 19.8 Å². The van der Waals surface area contributed by atoms with Crippen LogP contribution in [0.15, 0.2) is 17.7 Å². The number of nitrogens with zero attached hydrogens (tertiary/aromatic N) is 2. The largest absolute Gasteiger partial charge is 0.493 e. The number of methoxy groups -OCH3 is 2. The highest BCUT2D eigenvalue weighted by Gasteiger charge is 2.23. The quantitative estimate of drug-likeness (QED) is 0.452. The first kappa shape index (κ1) is 17.9. The summed E-state index contributed by atoms with van der Waals surface area (Å²) in [5.41, 5.74) is 1.04. The van der Waals surface area contributed by atoms with Gasteiger partial charge in [-0.3, -0.25) is 19.8 Å². The summed E-state index contributed by atoms with van der Waals surface area (Å²) in [6.07, 6.45) is 3.20. The molecule has 0 bridgehead atoms. The Kier molecular flexibility index (Phi) is 5.92. The maximum absolute atomic E-state index is 12.2. The molecule has 24 heavy (non-hydrogen) atoms. The van der Waals surface area contributed by atoms with Gasteiger partial charge in [0, 0.05) is 31.1 Å². The molecule has 1 heterocycles. The molecule has 1 aliphatic rings. The minimum Gasteiger partial charge on any atom is -0.493 e. The maximum atomic E-state index is 12.2. The first-order valence-corrected chi connectivity index (χ1v) is 7.86. The van der Waals surface area contributed by atoms with Crippen LogP contribution in [0.1, 0.15) is 25.3 Å². The number of ether oxygens (including phenoxy) is 2. The average Bonchev–Trinajstić information content (AvgIpc) is 2.57. The van der Waals surface area contributed by atoms with E-state index in [0.29, 0.717) is 24.1 Å². The van der Waals surface area contributed by atoms with Crippen molar-refractivity contribution < 1.29 is 19.2 Å². The van der Waals surface area contributed by atoms with Crippen LogP contribution < -0.4 is 9.47 Å². The molecule has 0 aliphatic carbocycles. The third kappa shape index (κ3) is 3.91. The van der Waals surface area contributed by atoms with Gasteiger partial charge >= 0.3 is 5.69 Å². The summed E-state index contributed by atoms with van der Waals surface area (Å²) < 4.78 is 10.3. The average molecular weight is 334 g/mol. The molecule has 0 unspecified atom stereocenters. The van der Waals surface area contributed by atoms with Crippen molar-refractivity contribution >= 4 is 17.5 Å². The van der Waals surface area contributed by atoms with Gasteiger partial charge in [0.25, 0.3) is 0 Å². The summed E-state index contributed by atoms with van der Waals surface area (Å²) in [6.45, 7) is 4.35. The lowest BCUT2D eigenvalue weighted by molar-refractivity contribution is -0.385. The first-order chi connectivity index (χ1) is 11.5. The van der Waals surface area contributed by atoms with E-state index in [2.05, 4.69) is 11.8 Å². The van der Waals surface area contributed by atoms with Gasteiger partial charge in [-0.25, -0.2) is 0 Å². The fourth-order valence-corrected chi connectivity index (χ4v) is 2.85. The number of benzene rings is 1. The molecule has 0 atom stereocenters. The van der Waals surface area contributed by atoms with Crippen LogP contribution >= 0.6 is 0 Å². The van der Waals surface area contributed by atoms with Gasteiger partial charge in [-0.15, -0.1) is 0 Å². The summed E-state index contributed by atoms with van der Waals surface area (Å²) in [6, 6.07) is 3.05. The van der Waals surface area contributed by atoms with Crippen LogP contribution in [0.25, 0.3) is 6.08 Å². The zero-order valence-corrected chi connectivity index (χ0v) is 14.2. The number of hydrogen-bond donors (Lipinski definition) is 0. The molecule has 130 valence electrons. The van der Waals surface area contributed by atoms with Crippen LogP contribution in [0.4, 0.5) is 5.69 Å². The van der Waals surface area contributed by atoms with Crippen molar-refractivity contribution in [3.63, 3.8) is 0 Å². The molecule has 1 aromatic rings. The highest BCUT2D eigenvalue weighted by atomic mass is 16.6. The molecule has 1 saturated heterocycles. The van der Waals surface area contributed by atoms with Gasteiger partial charge in [0.15, 0.2) is 11.5 Å². The molecular weight excluding hydrogens is 312 g/mol. The predicted octanol–water partition coefficient (Wildman–Crippen LogP) is 2.68. The number of Topliss-reactive ketones (excluding diaryl/α,β-unsaturated/α-hetero) is 1. The number of nitro groups is 1. The number of ketones is 1. The van der Waals surface area contributed by atoms with E-state index in [-0.39, 0.29) is 23.0 Å². The van der Waals surface area contributed by atoms with Crippen LogP contribution in [0.2, 0.25) is 0 Å². The van der Waals surface area contributed by atoms with E-state index in [4.69, 9.17) is 9.47 Å². The number of nitro benzene ring substituents is 1. The van der Waals surface area contributed by atoms with Crippen LogP contribution in [-0.2, 0) is 4.79 Å². The van der Waals surface area contributed by atoms with Crippen molar-refractivity contribution in [2.75, 3.05) is 33.9 Å². The molecule has 0 spiro atoms. The third-order valence-corrected chi connectivity index (χ3v) is 3.97. The number of piperidine rings is 1. The number of hydrogen-bond acceptors (Lipinski definition) is 6. The molecule has 0 N–H and O–H groups in total. The van der Waals surface area contributed by atoms with Gasteiger partial charge in [-0.05, 0) is 30.7 Å². The minimum absolute atomic E-state index is 0.0761. The topological polar surface area (TPSA) is 81.9 Å². The van der Waals surface area contributed by atoms with Crippen LogP contribution in [0.3, 0.4) is 0 Å². The van der Waals surface area contributed by atoms with E-state index >= 15 is 0 Å². The second kappa shape index (κ2) is 7.92. The van der Waals surface area contributed by atoms with Gasteiger partial charge < -0.3 is 9.47 Å². The molecule has 1 fully saturated rings. The zero-order chi connectivity index (χ0) is 17.7. The van der Waals surface area contributed by atoms with Crippen molar-refractivity contribution in [1.29, 1.82) is 0 Å². The van der Waals surface area contributed by atoms with E-state index in [9.17, 15) is 14.9 Å². The van der Waals surface area contributed by atoms with E-state index in [1.165, 1.54) is 20.3 Å². The zero-order valence-electron chi connectivity index (χ0n) is 14.2. The van der Waals surface area contributed by atoms with Gasteiger partial charge in [0.05, 0.1) is 19.1 Å². The summed E-state index contributed by atoms with van der Waals surface area (Å²) in [7, 11) is 2.78. The Labute approximate surface area is 141 Å². The number of carbonyl (C=O) groups excluding carboxylic acids is 1. The number of rotatable bonds is 6. The molecule has 1 aromatic carbocycles. The second-order valence-corrected chi connectivity index (χ2v) is 5.65. The monoisotopic (exact) mass is 334 g/mol. The molecule has 7 nitrogen and oxygen atoms in total. The molecule has 2 rings (SSSR count). The standard InChI is InChI=1S/C17H22N2O5/c1-4-6-18-7-5-15(20)13(11-18)8-12-9-14(19(21)22)17(24-3)16(10-12)23-2/h8-10H,4-7,11H2,1-3H3/b13-8+. The van der Waals surface area contributed by atoms with Gasteiger partial charge in [-0.2, -0.15) is 0 Å². The lowest BCUT2D eigenvalue weighted by atomic mass is 9.99. The lowest BCUT2D eigenvalue weighted by Gasteiger charge is -2.27. The molecule has 0 amide bonds. The van der Waals surface area contributed by atoms with Crippen molar-refractivity contribution in [1.82, 2.24) is 4.90 Å². The van der Waals surface area contributed by atoms with Gasteiger partial charge in [-0.1, -0.05) is 6.92 Å². The third-order valence-electron chi connectivity index (χ3n) is 3.97. The van der Waals surface area contributed by atoms with Gasteiger partial charge in [0.1, 0.15) is 0 Å². The summed E-state index contributed by atoms with van der Waals surface area (Å²) >= 11 is 0. The Morgan fingerprint density at radius 1 is 1.33 bits per heavy atom. The Morgan fingerprint density at radius 3 is 2.67 bits per heavy atom. The first-order valence-electron chi connectivity index (χ1n) is 7.86. The van der Waals surface area contributed by atoms with Crippen LogP contribution in [0, 0.1) is 10.1 Å². The lowest BCUT2D eigenvalue weighted by Crippen LogP contribution is -2.36. The van der Waals surface area contributed by atoms with Gasteiger partial charge in [0.2, 0.25) is 5.75 Å². The molecule has 0 aromatic heterocycles. The second-order valence-electron chi connectivity index (χ2n) is 5.65. The Balaban J connectivity index is 2.42. The van der Waals surface area contributed by atoms with Crippen LogP contribution in [0.5, 0.6) is 11.5 Å². The smallest absolute Gasteiger partial charge is 0.315 e. The number of carbonyl (C=O) groups is 1. The SMILES string of the molecule is CCCN1CCC(=O)/C(=C/c2cc(OC)c(OC)c([N+](=O)[O-])c2)C1. The fourth-order valence-electron chi connectivity index (χ4n) is 2.85. The highest BCUT2D eigenvalue weighted by molar-refractivity contribution is 6.00. The number of likely N-dealkylation sites (tertiary alicyclic amines) is 1. The van der Waals surface area contributed by atoms with Crippen molar-refractivity contribution in [3.8, 4) is 11.5 Å². The van der Waals surface area contributed by atoms with E-state index in [0.717, 1.165) is 19.5 Å². The highest BCUT2D eigenvalue weighted by Crippen LogP contribution is 2.38. The molecule has 1 aliphatic heterocycles. The van der Waals surface area contributed by atoms with Crippen molar-refractivity contribution in [2.24, 2.45) is 0 Å². The molecule has 0 radical (unpaired) electrons. The summed E-state index contributed by atoms with van der Waals surface area (Å²) in [5.74, 6) is 0.430. The Bertz CT molecular complexity index is 669. The van der Waals surface area contributed by atoms with E-state index in [1.807, 2.05) is 0 Å². The predicted molar refractivity (Wildman–Crippen MR) is 90.5 cm³/mol. The maximum Gasteiger partial charge on any atom is 0.315 e. The van der Waals surface area contributed by atoms with E-state index < -0.39 is 4.92 Å². The van der Waals surface area contributed by atoms with E-state index in [1.54, 1.807) is 12.1 Å². The summed E-state index contributed by atoms with van der Waals surface area (Å²) in [5, 5.41) is 11.3. The Morgan fingerprint density at radius 2 is 2.08 bits per heavy atom. The van der Waals surface area contributed by atoms with Crippen LogP contribution in [-0.4, -0.2) is 49.5 Å². The normalized spacial score (nSPS) is 17.1. The fraction of sp³-hybridized carbons (Fsp3) is 0.471. The molecule has 0 saturated carbocycles.